The molecule has 0 aliphatic rings. The number of carbonyl (C=O) groups is 1. The van der Waals surface area contributed by atoms with Crippen LogP contribution in [-0.2, 0) is 9.53 Å². The topological polar surface area (TPSA) is 78.8 Å². The van der Waals surface area contributed by atoms with Gasteiger partial charge in [-0.05, 0) is 18.2 Å². The lowest BCUT2D eigenvalue weighted by molar-refractivity contribution is -0.119. The van der Waals surface area contributed by atoms with Crippen molar-refractivity contribution >= 4 is 24.2 Å². The van der Waals surface area contributed by atoms with E-state index in [9.17, 15) is 9.18 Å². The number of halogens is 1. The normalized spacial score (nSPS) is 10.0. The second kappa shape index (κ2) is 5.59. The summed E-state index contributed by atoms with van der Waals surface area (Å²) in [5.74, 6) is -1.08. The van der Waals surface area contributed by atoms with Gasteiger partial charge in [-0.1, -0.05) is 0 Å². The molecule has 0 unspecified atom stereocenters. The van der Waals surface area contributed by atoms with Crippen LogP contribution in [0.2, 0.25) is 0 Å². The molecule has 1 rings (SSSR count). The van der Waals surface area contributed by atoms with Crippen LogP contribution >= 0.6 is 0 Å². The average molecular weight is 227 g/mol. The molecule has 5 nitrogen and oxygen atoms in total. The first-order chi connectivity index (χ1) is 7.54. The average Bonchev–Trinajstić information content (AvgIpc) is 2.20. The third-order valence-electron chi connectivity index (χ3n) is 1.84. The summed E-state index contributed by atoms with van der Waals surface area (Å²) in [7, 11) is -0.500. The second-order valence-corrected chi connectivity index (χ2v) is 3.09. The highest BCUT2D eigenvalue weighted by Gasteiger charge is 2.18. The zero-order valence-electron chi connectivity index (χ0n) is 8.61. The van der Waals surface area contributed by atoms with Crippen molar-refractivity contribution in [1.82, 2.24) is 0 Å². The Morgan fingerprint density at radius 2 is 2.25 bits per heavy atom. The van der Waals surface area contributed by atoms with Gasteiger partial charge in [-0.3, -0.25) is 4.79 Å². The van der Waals surface area contributed by atoms with Gasteiger partial charge in [0.15, 0.2) is 0 Å². The summed E-state index contributed by atoms with van der Waals surface area (Å²) in [6.45, 7) is -0.168. The first-order valence-electron chi connectivity index (χ1n) is 4.49. The Morgan fingerprint density at radius 1 is 1.56 bits per heavy atom. The summed E-state index contributed by atoms with van der Waals surface area (Å²) in [5.41, 5.74) is 0.0305. The van der Waals surface area contributed by atoms with Crippen LogP contribution in [0.3, 0.4) is 0 Å². The summed E-state index contributed by atoms with van der Waals surface area (Å²) in [6, 6.07) is 3.29. The maximum Gasteiger partial charge on any atom is 0.490 e. The molecule has 0 aromatic heterocycles. The minimum atomic E-state index is -1.85. The number of anilines is 1. The predicted octanol–water partition coefficient (Wildman–Crippen LogP) is -0.910. The molecular formula is C9H11BFNO4. The van der Waals surface area contributed by atoms with Gasteiger partial charge in [-0.2, -0.15) is 0 Å². The molecule has 0 spiro atoms. The number of benzene rings is 1. The minimum absolute atomic E-state index is 0.107. The molecule has 1 aromatic carbocycles. The van der Waals surface area contributed by atoms with E-state index >= 15 is 0 Å². The van der Waals surface area contributed by atoms with E-state index in [2.05, 4.69) is 10.1 Å². The van der Waals surface area contributed by atoms with Crippen LogP contribution in [-0.4, -0.2) is 36.8 Å². The molecule has 86 valence electrons. The Kier molecular flexibility index (Phi) is 4.42. The zero-order valence-corrected chi connectivity index (χ0v) is 8.61. The highest BCUT2D eigenvalue weighted by molar-refractivity contribution is 6.60. The molecule has 7 heteroatoms. The van der Waals surface area contributed by atoms with Crippen LogP contribution in [0.1, 0.15) is 0 Å². The lowest BCUT2D eigenvalue weighted by atomic mass is 9.79. The Morgan fingerprint density at radius 3 is 2.81 bits per heavy atom. The number of amides is 1. The van der Waals surface area contributed by atoms with Gasteiger partial charge in [0.1, 0.15) is 12.4 Å². The Balaban J connectivity index is 2.90. The fourth-order valence-corrected chi connectivity index (χ4v) is 1.18. The molecule has 0 fully saturated rings. The van der Waals surface area contributed by atoms with Gasteiger partial charge in [0.25, 0.3) is 0 Å². The quantitative estimate of drug-likeness (QED) is 0.582. The summed E-state index contributed by atoms with van der Waals surface area (Å²) in [6.07, 6.45) is 0. The van der Waals surface area contributed by atoms with Crippen LogP contribution in [0.15, 0.2) is 18.2 Å². The molecule has 0 heterocycles. The van der Waals surface area contributed by atoms with Crippen molar-refractivity contribution in [3.05, 3.63) is 24.0 Å². The number of rotatable bonds is 4. The molecule has 0 bridgehead atoms. The number of ether oxygens (including phenoxy) is 1. The van der Waals surface area contributed by atoms with Gasteiger partial charge < -0.3 is 20.1 Å². The van der Waals surface area contributed by atoms with Crippen LogP contribution in [0.25, 0.3) is 0 Å². The Hall–Kier alpha value is -1.44. The van der Waals surface area contributed by atoms with Crippen molar-refractivity contribution in [1.29, 1.82) is 0 Å². The highest BCUT2D eigenvalue weighted by Crippen LogP contribution is 2.06. The van der Waals surface area contributed by atoms with Crippen molar-refractivity contribution in [2.24, 2.45) is 0 Å². The van der Waals surface area contributed by atoms with E-state index in [1.165, 1.54) is 13.2 Å². The van der Waals surface area contributed by atoms with Gasteiger partial charge in [0, 0.05) is 18.3 Å². The number of hydrogen-bond donors (Lipinski definition) is 3. The predicted molar refractivity (Wildman–Crippen MR) is 56.7 cm³/mol. The van der Waals surface area contributed by atoms with Gasteiger partial charge in [0.2, 0.25) is 5.91 Å². The molecule has 0 saturated heterocycles. The molecule has 0 radical (unpaired) electrons. The van der Waals surface area contributed by atoms with Crippen LogP contribution in [0.5, 0.6) is 0 Å². The third kappa shape index (κ3) is 3.30. The van der Waals surface area contributed by atoms with Crippen molar-refractivity contribution in [2.75, 3.05) is 19.0 Å². The minimum Gasteiger partial charge on any atom is -0.423 e. The summed E-state index contributed by atoms with van der Waals surface area (Å²) >= 11 is 0. The van der Waals surface area contributed by atoms with Gasteiger partial charge in [-0.25, -0.2) is 4.39 Å². The Labute approximate surface area is 92.0 Å². The highest BCUT2D eigenvalue weighted by atomic mass is 19.1. The standard InChI is InChI=1S/C9H11BFNO4/c1-16-5-9(13)12-8-3-2-6(11)4-7(8)10(14)15/h2-4,14-15H,5H2,1H3,(H,12,13). The molecule has 1 aromatic rings. The van der Waals surface area contributed by atoms with E-state index in [-0.39, 0.29) is 17.8 Å². The van der Waals surface area contributed by atoms with E-state index in [1.807, 2.05) is 0 Å². The SMILES string of the molecule is COCC(=O)Nc1ccc(F)cc1B(O)O. The summed E-state index contributed by atoms with van der Waals surface area (Å²) in [4.78, 5) is 11.2. The van der Waals surface area contributed by atoms with Crippen LogP contribution in [0.4, 0.5) is 10.1 Å². The maximum atomic E-state index is 12.8. The Bertz CT molecular complexity index is 386. The van der Waals surface area contributed by atoms with Crippen molar-refractivity contribution in [3.8, 4) is 0 Å². The summed E-state index contributed by atoms with van der Waals surface area (Å²) in [5, 5.41) is 20.3. The van der Waals surface area contributed by atoms with Crippen molar-refractivity contribution < 1.29 is 24.0 Å². The lowest BCUT2D eigenvalue weighted by Gasteiger charge is -2.10. The van der Waals surface area contributed by atoms with Crippen LogP contribution in [0, 0.1) is 5.82 Å². The molecule has 0 aliphatic carbocycles. The zero-order chi connectivity index (χ0) is 12.1. The van der Waals surface area contributed by atoms with Gasteiger partial charge in [0.05, 0.1) is 0 Å². The first-order valence-corrected chi connectivity index (χ1v) is 4.49. The molecule has 1 amide bonds. The fraction of sp³-hybridized carbons (Fsp3) is 0.222. The van der Waals surface area contributed by atoms with E-state index in [4.69, 9.17) is 10.0 Å². The number of carbonyl (C=O) groups excluding carboxylic acids is 1. The van der Waals surface area contributed by atoms with Gasteiger partial charge in [-0.15, -0.1) is 0 Å². The first kappa shape index (κ1) is 12.6. The van der Waals surface area contributed by atoms with Crippen molar-refractivity contribution in [3.63, 3.8) is 0 Å². The van der Waals surface area contributed by atoms with E-state index in [0.29, 0.717) is 0 Å². The summed E-state index contributed by atoms with van der Waals surface area (Å²) < 4.78 is 17.4. The molecule has 16 heavy (non-hydrogen) atoms. The molecular weight excluding hydrogens is 216 g/mol. The fourth-order valence-electron chi connectivity index (χ4n) is 1.18. The smallest absolute Gasteiger partial charge is 0.423 e. The molecule has 0 atom stereocenters. The number of nitrogens with one attached hydrogen (secondary N) is 1. The second-order valence-electron chi connectivity index (χ2n) is 3.09. The van der Waals surface area contributed by atoms with Crippen LogP contribution < -0.4 is 10.8 Å². The largest absolute Gasteiger partial charge is 0.490 e. The van der Waals surface area contributed by atoms with E-state index in [1.54, 1.807) is 0 Å². The number of methoxy groups -OCH3 is 1. The molecule has 0 saturated carbocycles. The molecule has 0 aliphatic heterocycles. The maximum absolute atomic E-state index is 12.8. The van der Waals surface area contributed by atoms with Crippen molar-refractivity contribution in [2.45, 2.75) is 0 Å². The lowest BCUT2D eigenvalue weighted by Crippen LogP contribution is -2.34. The van der Waals surface area contributed by atoms with Gasteiger partial charge >= 0.3 is 7.12 Å². The monoisotopic (exact) mass is 227 g/mol. The third-order valence-corrected chi connectivity index (χ3v) is 1.84. The van der Waals surface area contributed by atoms with E-state index in [0.717, 1.165) is 12.1 Å². The molecule has 3 N–H and O–H groups in total. The number of hydrogen-bond acceptors (Lipinski definition) is 4. The van der Waals surface area contributed by atoms with E-state index < -0.39 is 18.8 Å².